The van der Waals surface area contributed by atoms with Gasteiger partial charge in [-0.05, 0) is 43.7 Å². The lowest BCUT2D eigenvalue weighted by atomic mass is 10.1. The molecule has 0 bridgehead atoms. The lowest BCUT2D eigenvalue weighted by Crippen LogP contribution is -2.38. The van der Waals surface area contributed by atoms with Gasteiger partial charge in [-0.15, -0.1) is 0 Å². The summed E-state index contributed by atoms with van der Waals surface area (Å²) in [6, 6.07) is 9.14. The second-order valence-corrected chi connectivity index (χ2v) is 6.06. The molecule has 136 valence electrons. The van der Waals surface area contributed by atoms with Crippen LogP contribution >= 0.6 is 0 Å². The highest BCUT2D eigenvalue weighted by Gasteiger charge is 2.13. The third-order valence-electron chi connectivity index (χ3n) is 4.19. The molecule has 2 heterocycles. The maximum absolute atomic E-state index is 12.6. The number of aromatic nitrogens is 4. The number of fused-ring (bicyclic) bond motifs is 1. The first-order valence-electron chi connectivity index (χ1n) is 8.41. The number of nitrogens with zero attached hydrogens (tertiary/aromatic N) is 4. The second-order valence-electron chi connectivity index (χ2n) is 6.06. The van der Waals surface area contributed by atoms with Gasteiger partial charge in [0.2, 0.25) is 5.91 Å². The molecule has 1 N–H and O–H groups in total. The van der Waals surface area contributed by atoms with E-state index in [0.29, 0.717) is 11.2 Å². The molecule has 1 atom stereocenters. The van der Waals surface area contributed by atoms with Gasteiger partial charge in [0.05, 0.1) is 12.8 Å². The van der Waals surface area contributed by atoms with Crippen LogP contribution in [0.5, 0.6) is 5.75 Å². The van der Waals surface area contributed by atoms with Gasteiger partial charge in [-0.2, -0.15) is 10.2 Å². The molecule has 0 saturated carbocycles. The number of benzene rings is 1. The number of nitrogens with one attached hydrogen (secondary N) is 1. The molecule has 1 amide bonds. The molecule has 1 aromatic carbocycles. The molecule has 0 radical (unpaired) electrons. The smallest absolute Gasteiger partial charge is 0.293 e. The number of hydrogen-bond acceptors (Lipinski definition) is 5. The van der Waals surface area contributed by atoms with Crippen molar-refractivity contribution >= 4 is 11.4 Å². The Balaban J connectivity index is 1.89. The maximum atomic E-state index is 12.6. The van der Waals surface area contributed by atoms with E-state index in [1.54, 1.807) is 13.2 Å². The number of amides is 1. The monoisotopic (exact) mass is 355 g/mol. The zero-order valence-electron chi connectivity index (χ0n) is 15.0. The van der Waals surface area contributed by atoms with Crippen LogP contribution in [0.15, 0.2) is 41.5 Å². The van der Waals surface area contributed by atoms with Crippen molar-refractivity contribution in [3.63, 3.8) is 0 Å². The topological polar surface area (TPSA) is 90.5 Å². The number of carbonyl (C=O) groups excluding carboxylic acids is 1. The predicted octanol–water partition coefficient (Wildman–Crippen LogP) is 1.48. The van der Waals surface area contributed by atoms with Crippen LogP contribution in [0.2, 0.25) is 0 Å². The van der Waals surface area contributed by atoms with E-state index in [-0.39, 0.29) is 24.1 Å². The van der Waals surface area contributed by atoms with Crippen LogP contribution < -0.4 is 15.6 Å². The first kappa shape index (κ1) is 17.7. The van der Waals surface area contributed by atoms with Gasteiger partial charge in [0.25, 0.3) is 5.56 Å². The number of carbonyl (C=O) groups is 1. The van der Waals surface area contributed by atoms with Crippen molar-refractivity contribution in [2.75, 3.05) is 7.11 Å². The summed E-state index contributed by atoms with van der Waals surface area (Å²) in [6.07, 6.45) is 2.25. The minimum absolute atomic E-state index is 0.0542. The lowest BCUT2D eigenvalue weighted by Gasteiger charge is -2.11. The predicted molar refractivity (Wildman–Crippen MR) is 97.1 cm³/mol. The normalized spacial score (nSPS) is 12.1. The first-order valence-corrected chi connectivity index (χ1v) is 8.41. The standard InChI is InChI=1S/C18H21N5O3/c1-4-12(2)20-17(24)10-22-18(25)16-9-15(21-23(16)11-19-22)13-5-7-14(26-3)8-6-13/h5-9,11-12H,4,10H2,1-3H3,(H,20,24). The van der Waals surface area contributed by atoms with Crippen molar-refractivity contribution in [1.82, 2.24) is 24.7 Å². The maximum Gasteiger partial charge on any atom is 0.293 e. The van der Waals surface area contributed by atoms with Gasteiger partial charge in [-0.3, -0.25) is 9.59 Å². The third-order valence-corrected chi connectivity index (χ3v) is 4.19. The zero-order chi connectivity index (χ0) is 18.7. The Morgan fingerprint density at radius 1 is 1.31 bits per heavy atom. The Hall–Kier alpha value is -3.16. The molecule has 0 aliphatic rings. The number of hydrogen-bond donors (Lipinski definition) is 1. The SMILES string of the molecule is CCC(C)NC(=O)Cn1ncn2nc(-c3ccc(OC)cc3)cc2c1=O. The molecular weight excluding hydrogens is 334 g/mol. The first-order chi connectivity index (χ1) is 12.5. The largest absolute Gasteiger partial charge is 0.497 e. The zero-order valence-corrected chi connectivity index (χ0v) is 15.0. The van der Waals surface area contributed by atoms with Crippen molar-refractivity contribution in [2.24, 2.45) is 0 Å². The van der Waals surface area contributed by atoms with Gasteiger partial charge in [0.1, 0.15) is 24.1 Å². The summed E-state index contributed by atoms with van der Waals surface area (Å²) in [5, 5.41) is 11.2. The van der Waals surface area contributed by atoms with Gasteiger partial charge in [0.15, 0.2) is 0 Å². The Morgan fingerprint density at radius 2 is 2.04 bits per heavy atom. The van der Waals surface area contributed by atoms with Crippen molar-refractivity contribution in [1.29, 1.82) is 0 Å². The quantitative estimate of drug-likeness (QED) is 0.723. The van der Waals surface area contributed by atoms with E-state index >= 15 is 0 Å². The van der Waals surface area contributed by atoms with Crippen LogP contribution in [-0.2, 0) is 11.3 Å². The van der Waals surface area contributed by atoms with Gasteiger partial charge >= 0.3 is 0 Å². The van der Waals surface area contributed by atoms with Gasteiger partial charge in [0, 0.05) is 11.6 Å². The molecule has 26 heavy (non-hydrogen) atoms. The van der Waals surface area contributed by atoms with E-state index in [9.17, 15) is 9.59 Å². The minimum atomic E-state index is -0.362. The summed E-state index contributed by atoms with van der Waals surface area (Å²) < 4.78 is 7.71. The van der Waals surface area contributed by atoms with Crippen LogP contribution in [0.3, 0.4) is 0 Å². The van der Waals surface area contributed by atoms with E-state index in [2.05, 4.69) is 15.5 Å². The number of rotatable bonds is 6. The Labute approximate surface area is 150 Å². The molecule has 3 rings (SSSR count). The van der Waals surface area contributed by atoms with Crippen LogP contribution in [0, 0.1) is 0 Å². The van der Waals surface area contributed by atoms with Crippen molar-refractivity contribution in [2.45, 2.75) is 32.9 Å². The van der Waals surface area contributed by atoms with Crippen LogP contribution in [0.4, 0.5) is 0 Å². The number of methoxy groups -OCH3 is 1. The average molecular weight is 355 g/mol. The van der Waals surface area contributed by atoms with Crippen molar-refractivity contribution in [3.05, 3.63) is 47.0 Å². The fourth-order valence-electron chi connectivity index (χ4n) is 2.51. The molecule has 0 saturated heterocycles. The molecule has 0 aliphatic heterocycles. The van der Waals surface area contributed by atoms with Crippen molar-refractivity contribution in [3.8, 4) is 17.0 Å². The molecule has 8 heteroatoms. The molecule has 0 spiro atoms. The molecule has 3 aromatic rings. The molecule has 0 fully saturated rings. The molecule has 1 unspecified atom stereocenters. The van der Waals surface area contributed by atoms with Crippen molar-refractivity contribution < 1.29 is 9.53 Å². The van der Waals surface area contributed by atoms with E-state index in [4.69, 9.17) is 4.74 Å². The van der Waals surface area contributed by atoms with Crippen LogP contribution in [0.1, 0.15) is 20.3 Å². The van der Waals surface area contributed by atoms with Gasteiger partial charge in [-0.25, -0.2) is 9.20 Å². The van der Waals surface area contributed by atoms with Gasteiger partial charge < -0.3 is 10.1 Å². The lowest BCUT2D eigenvalue weighted by molar-refractivity contribution is -0.122. The number of ether oxygens (including phenoxy) is 1. The molecule has 0 aliphatic carbocycles. The minimum Gasteiger partial charge on any atom is -0.497 e. The summed E-state index contributed by atoms with van der Waals surface area (Å²) in [5.41, 5.74) is 1.50. The second kappa shape index (κ2) is 7.38. The fourth-order valence-corrected chi connectivity index (χ4v) is 2.51. The van der Waals surface area contributed by atoms with E-state index < -0.39 is 0 Å². The van der Waals surface area contributed by atoms with Crippen LogP contribution in [0.25, 0.3) is 16.8 Å². The molecular formula is C18H21N5O3. The van der Waals surface area contributed by atoms with E-state index in [0.717, 1.165) is 22.4 Å². The van der Waals surface area contributed by atoms with Gasteiger partial charge in [-0.1, -0.05) is 6.92 Å². The fraction of sp³-hybridized carbons (Fsp3) is 0.333. The van der Waals surface area contributed by atoms with Crippen LogP contribution in [-0.4, -0.2) is 38.5 Å². The van der Waals surface area contributed by atoms with E-state index in [1.165, 1.54) is 10.8 Å². The Kier molecular flexibility index (Phi) is 5.01. The highest BCUT2D eigenvalue weighted by molar-refractivity contribution is 5.76. The summed E-state index contributed by atoms with van der Waals surface area (Å²) in [4.78, 5) is 24.6. The summed E-state index contributed by atoms with van der Waals surface area (Å²) in [6.45, 7) is 3.77. The highest BCUT2D eigenvalue weighted by Crippen LogP contribution is 2.21. The summed E-state index contributed by atoms with van der Waals surface area (Å²) in [5.74, 6) is 0.502. The Morgan fingerprint density at radius 3 is 2.69 bits per heavy atom. The summed E-state index contributed by atoms with van der Waals surface area (Å²) in [7, 11) is 1.60. The highest BCUT2D eigenvalue weighted by atomic mass is 16.5. The average Bonchev–Trinajstić information content (AvgIpc) is 3.09. The summed E-state index contributed by atoms with van der Waals surface area (Å²) >= 11 is 0. The molecule has 2 aromatic heterocycles. The molecule has 8 nitrogen and oxygen atoms in total. The van der Waals surface area contributed by atoms with E-state index in [1.807, 2.05) is 38.1 Å². The third kappa shape index (κ3) is 3.58. The Bertz CT molecular complexity index is 975.